The number of rotatable bonds is 4. The molecule has 40 heavy (non-hydrogen) atoms. The molecular weight excluding hydrogens is 518 g/mol. The smallest absolute Gasteiger partial charge is 0.342 e. The number of halogens is 2. The largest absolute Gasteiger partial charge is 0.477 e. The molecule has 0 spiro atoms. The van der Waals surface area contributed by atoms with Gasteiger partial charge < -0.3 is 20.2 Å². The Hall–Kier alpha value is -4.38. The van der Waals surface area contributed by atoms with Crippen LogP contribution in [0.3, 0.4) is 0 Å². The maximum Gasteiger partial charge on any atom is 0.342 e. The summed E-state index contributed by atoms with van der Waals surface area (Å²) in [5.74, 6) is -2.76. The maximum atomic E-state index is 15.6. The van der Waals surface area contributed by atoms with Gasteiger partial charge in [-0.2, -0.15) is 0 Å². The molecule has 4 aromatic rings. The van der Waals surface area contributed by atoms with Gasteiger partial charge in [0.1, 0.15) is 11.2 Å². The van der Waals surface area contributed by atoms with Crippen molar-refractivity contribution in [2.24, 2.45) is 5.92 Å². The van der Waals surface area contributed by atoms with E-state index >= 15 is 4.39 Å². The van der Waals surface area contributed by atoms with E-state index in [2.05, 4.69) is 27.1 Å². The molecule has 2 unspecified atom stereocenters. The van der Waals surface area contributed by atoms with Crippen LogP contribution >= 0.6 is 0 Å². The summed E-state index contributed by atoms with van der Waals surface area (Å²) >= 11 is 0. The van der Waals surface area contributed by atoms with Crippen LogP contribution in [0, 0.1) is 17.6 Å². The lowest BCUT2D eigenvalue weighted by atomic mass is 9.96. The van der Waals surface area contributed by atoms with Crippen molar-refractivity contribution < 1.29 is 18.7 Å². The van der Waals surface area contributed by atoms with Crippen molar-refractivity contribution >= 4 is 23.0 Å². The summed E-state index contributed by atoms with van der Waals surface area (Å²) in [5.41, 5.74) is 3.79. The first-order valence-corrected chi connectivity index (χ1v) is 13.2. The predicted molar refractivity (Wildman–Crippen MR) is 146 cm³/mol. The number of likely N-dealkylation sites (N-methyl/N-ethyl adjacent to an activating group) is 1. The standard InChI is InChI=1S/C29H26F2N6O3/c1-32-20-8-19(30)26(31)24-16(20)7-21-25(24)27(36-6-5-15-11-35(2)13-22(15)36)17(9-33-21)14-3-4-23-34-10-18(29(39)40)28(38)37(23)12-14/h3-4,8-10,12,15,22,32H,5-7,11,13H2,1-2H3,(H,39,40). The fourth-order valence-electron chi connectivity index (χ4n) is 6.78. The normalized spacial score (nSPS) is 19.6. The Kier molecular flexibility index (Phi) is 5.43. The Bertz CT molecular complexity index is 1810. The van der Waals surface area contributed by atoms with Crippen LogP contribution in [-0.2, 0) is 6.42 Å². The second kappa shape index (κ2) is 8.82. The van der Waals surface area contributed by atoms with Gasteiger partial charge in [0.15, 0.2) is 11.6 Å². The predicted octanol–water partition coefficient (Wildman–Crippen LogP) is 3.49. The Morgan fingerprint density at radius 2 is 1.98 bits per heavy atom. The summed E-state index contributed by atoms with van der Waals surface area (Å²) in [7, 11) is 3.77. The number of carboxylic acid groups (broad SMARTS) is 1. The summed E-state index contributed by atoms with van der Waals surface area (Å²) in [6, 6.07) is 4.80. The van der Waals surface area contributed by atoms with Crippen molar-refractivity contribution in [3.63, 3.8) is 0 Å². The van der Waals surface area contributed by atoms with Crippen LogP contribution in [-0.4, -0.2) is 70.1 Å². The number of hydrogen-bond donors (Lipinski definition) is 2. The highest BCUT2D eigenvalue weighted by Crippen LogP contribution is 2.52. The second-order valence-electron chi connectivity index (χ2n) is 10.8. The van der Waals surface area contributed by atoms with Gasteiger partial charge in [-0.05, 0) is 37.1 Å². The highest BCUT2D eigenvalue weighted by atomic mass is 19.2. The Morgan fingerprint density at radius 3 is 2.75 bits per heavy atom. The third-order valence-electron chi connectivity index (χ3n) is 8.58. The van der Waals surface area contributed by atoms with E-state index in [0.717, 1.165) is 37.9 Å². The molecule has 2 atom stereocenters. The minimum Gasteiger partial charge on any atom is -0.477 e. The molecule has 3 aliphatic rings. The lowest BCUT2D eigenvalue weighted by Gasteiger charge is -2.31. The number of anilines is 2. The average molecular weight is 545 g/mol. The summed E-state index contributed by atoms with van der Waals surface area (Å²) in [5, 5.41) is 12.5. The van der Waals surface area contributed by atoms with Crippen molar-refractivity contribution in [1.29, 1.82) is 0 Å². The quantitative estimate of drug-likeness (QED) is 0.355. The molecule has 0 radical (unpaired) electrons. The number of fused-ring (bicyclic) bond motifs is 5. The van der Waals surface area contributed by atoms with Gasteiger partial charge in [0.2, 0.25) is 0 Å². The molecule has 3 aromatic heterocycles. The summed E-state index contributed by atoms with van der Waals surface area (Å²) in [6.07, 6.45) is 5.65. The molecule has 11 heteroatoms. The molecule has 2 saturated heterocycles. The molecule has 2 fully saturated rings. The van der Waals surface area contributed by atoms with Crippen molar-refractivity contribution in [2.75, 3.05) is 43.9 Å². The summed E-state index contributed by atoms with van der Waals surface area (Å²) < 4.78 is 31.7. The lowest BCUT2D eigenvalue weighted by Crippen LogP contribution is -2.35. The van der Waals surface area contributed by atoms with E-state index in [1.165, 1.54) is 10.5 Å². The van der Waals surface area contributed by atoms with Crippen LogP contribution in [0.4, 0.5) is 20.2 Å². The molecule has 0 amide bonds. The van der Waals surface area contributed by atoms with Gasteiger partial charge in [-0.3, -0.25) is 14.2 Å². The fraction of sp³-hybridized carbons (Fsp3) is 0.310. The zero-order valence-corrected chi connectivity index (χ0v) is 21.9. The van der Waals surface area contributed by atoms with Gasteiger partial charge in [-0.25, -0.2) is 18.6 Å². The molecule has 0 bridgehead atoms. The van der Waals surface area contributed by atoms with Crippen molar-refractivity contribution in [3.8, 4) is 22.3 Å². The van der Waals surface area contributed by atoms with Gasteiger partial charge in [-0.15, -0.1) is 0 Å². The first kappa shape index (κ1) is 24.6. The van der Waals surface area contributed by atoms with Crippen LogP contribution in [0.5, 0.6) is 0 Å². The lowest BCUT2D eigenvalue weighted by molar-refractivity contribution is 0.0694. The minimum absolute atomic E-state index is 0.183. The molecule has 9 nitrogen and oxygen atoms in total. The molecule has 2 N–H and O–H groups in total. The highest BCUT2D eigenvalue weighted by Gasteiger charge is 2.43. The van der Waals surface area contributed by atoms with Gasteiger partial charge in [0.05, 0.1) is 11.4 Å². The number of carbonyl (C=O) groups is 1. The molecular formula is C29H26F2N6O3. The van der Waals surface area contributed by atoms with Gasteiger partial charge in [0.25, 0.3) is 5.56 Å². The first-order chi connectivity index (χ1) is 19.3. The van der Waals surface area contributed by atoms with E-state index in [0.29, 0.717) is 51.6 Å². The third-order valence-corrected chi connectivity index (χ3v) is 8.58. The highest BCUT2D eigenvalue weighted by molar-refractivity contribution is 5.97. The Morgan fingerprint density at radius 1 is 1.15 bits per heavy atom. The number of nitrogens with zero attached hydrogens (tertiary/aromatic N) is 5. The van der Waals surface area contributed by atoms with E-state index < -0.39 is 28.7 Å². The average Bonchev–Trinajstić information content (AvgIpc) is 3.62. The van der Waals surface area contributed by atoms with Crippen LogP contribution in [0.25, 0.3) is 27.9 Å². The summed E-state index contributed by atoms with van der Waals surface area (Å²) in [6.45, 7) is 2.54. The van der Waals surface area contributed by atoms with Crippen molar-refractivity contribution in [1.82, 2.24) is 19.3 Å². The van der Waals surface area contributed by atoms with E-state index in [-0.39, 0.29) is 11.6 Å². The second-order valence-corrected chi connectivity index (χ2v) is 10.8. The number of pyridine rings is 2. The van der Waals surface area contributed by atoms with Gasteiger partial charge >= 0.3 is 5.97 Å². The van der Waals surface area contributed by atoms with Gasteiger partial charge in [0, 0.05) is 91.7 Å². The fourth-order valence-corrected chi connectivity index (χ4v) is 6.78. The number of nitrogens with one attached hydrogen (secondary N) is 1. The molecule has 5 heterocycles. The van der Waals surface area contributed by atoms with Crippen LogP contribution < -0.4 is 15.8 Å². The molecule has 2 aliphatic heterocycles. The van der Waals surface area contributed by atoms with Crippen molar-refractivity contribution in [2.45, 2.75) is 18.9 Å². The minimum atomic E-state index is -1.36. The zero-order chi connectivity index (χ0) is 27.9. The SMILES string of the molecule is CNc1cc(F)c(F)c2c1Cc1ncc(-c3ccc4ncc(C(=O)O)c(=O)n4c3)c(N3CCC4CN(C)CC43)c1-2. The number of aromatic carboxylic acids is 1. The maximum absolute atomic E-state index is 15.6. The summed E-state index contributed by atoms with van der Waals surface area (Å²) in [4.78, 5) is 38.0. The number of carboxylic acids is 1. The number of aromatic nitrogens is 3. The molecule has 1 aliphatic carbocycles. The van der Waals surface area contributed by atoms with E-state index in [4.69, 9.17) is 4.98 Å². The van der Waals surface area contributed by atoms with Crippen LogP contribution in [0.1, 0.15) is 28.0 Å². The zero-order valence-electron chi connectivity index (χ0n) is 21.9. The third kappa shape index (κ3) is 3.46. The first-order valence-electron chi connectivity index (χ1n) is 13.2. The monoisotopic (exact) mass is 544 g/mol. The van der Waals surface area contributed by atoms with Crippen LogP contribution in [0.15, 0.2) is 41.6 Å². The molecule has 0 saturated carbocycles. The van der Waals surface area contributed by atoms with Gasteiger partial charge in [-0.1, -0.05) is 0 Å². The number of benzene rings is 1. The Balaban J connectivity index is 1.51. The molecule has 1 aromatic carbocycles. The van der Waals surface area contributed by atoms with E-state index in [9.17, 15) is 19.1 Å². The molecule has 7 rings (SSSR count). The van der Waals surface area contributed by atoms with E-state index in [1.807, 2.05) is 0 Å². The topological polar surface area (TPSA) is 103 Å². The Labute approximate surface area is 227 Å². The number of hydrogen-bond acceptors (Lipinski definition) is 7. The van der Waals surface area contributed by atoms with Crippen LogP contribution in [0.2, 0.25) is 0 Å². The molecule has 204 valence electrons. The van der Waals surface area contributed by atoms with Crippen molar-refractivity contribution in [3.05, 3.63) is 75.6 Å². The van der Waals surface area contributed by atoms with E-state index in [1.54, 1.807) is 31.6 Å². The number of likely N-dealkylation sites (tertiary alicyclic amines) is 1.